The Labute approximate surface area is 205 Å². The van der Waals surface area contributed by atoms with Gasteiger partial charge in [-0.2, -0.15) is 5.10 Å². The predicted molar refractivity (Wildman–Crippen MR) is 139 cm³/mol. The quantitative estimate of drug-likeness (QED) is 0.394. The minimum atomic E-state index is -3.82. The van der Waals surface area contributed by atoms with Gasteiger partial charge in [0, 0.05) is 23.5 Å². The van der Waals surface area contributed by atoms with E-state index in [4.69, 9.17) is 15.6 Å². The van der Waals surface area contributed by atoms with Crippen LogP contribution in [-0.2, 0) is 23.0 Å². The molecule has 0 aliphatic carbocycles. The molecular formula is C27H27N5O2S. The molecule has 0 unspecified atom stereocenters. The molecule has 1 aliphatic heterocycles. The van der Waals surface area contributed by atoms with Crippen molar-refractivity contribution in [3.05, 3.63) is 95.3 Å². The molecule has 1 aromatic heterocycles. The molecule has 0 radical (unpaired) electrons. The molecule has 0 fully saturated rings. The van der Waals surface area contributed by atoms with Crippen LogP contribution in [0.1, 0.15) is 29.4 Å². The molecule has 3 N–H and O–H groups in total. The van der Waals surface area contributed by atoms with Crippen LogP contribution in [0.2, 0.25) is 0 Å². The standard InChI is InChI=1S/C27H27N5O2S/c1-18-14-24(32(30-18)23-7-5-6-20(16-23)19(2)28)17-31-13-12-22-15-21(10-11-26(22)31)25-8-3-4-9-27(25)35(29,33)34/h3-11,14-16,28H,12-13,17H2,1-2H3,(H2,29,33,34). The summed E-state index contributed by atoms with van der Waals surface area (Å²) in [6.45, 7) is 5.32. The van der Waals surface area contributed by atoms with Crippen molar-refractivity contribution in [1.29, 1.82) is 5.41 Å². The molecule has 178 valence electrons. The number of anilines is 1. The summed E-state index contributed by atoms with van der Waals surface area (Å²) in [5.74, 6) is 0. The van der Waals surface area contributed by atoms with Crippen molar-refractivity contribution in [3.63, 3.8) is 0 Å². The lowest BCUT2D eigenvalue weighted by Gasteiger charge is -2.20. The van der Waals surface area contributed by atoms with Gasteiger partial charge in [0.1, 0.15) is 0 Å². The maximum atomic E-state index is 12.1. The molecule has 0 bridgehead atoms. The van der Waals surface area contributed by atoms with Gasteiger partial charge in [-0.1, -0.05) is 36.4 Å². The molecule has 1 aliphatic rings. The number of sulfonamides is 1. The second-order valence-electron chi connectivity index (χ2n) is 8.92. The molecule has 4 aromatic rings. The van der Waals surface area contributed by atoms with E-state index in [0.717, 1.165) is 46.9 Å². The molecule has 8 heteroatoms. The fourth-order valence-electron chi connectivity index (χ4n) is 4.71. The second-order valence-corrected chi connectivity index (χ2v) is 10.5. The first-order valence-corrected chi connectivity index (χ1v) is 13.0. The van der Waals surface area contributed by atoms with E-state index in [0.29, 0.717) is 17.8 Å². The Bertz CT molecular complexity index is 1560. The Morgan fingerprint density at radius 2 is 1.86 bits per heavy atom. The van der Waals surface area contributed by atoms with Crippen LogP contribution >= 0.6 is 0 Å². The van der Waals surface area contributed by atoms with Gasteiger partial charge in [-0.05, 0) is 73.4 Å². The zero-order valence-corrected chi connectivity index (χ0v) is 20.5. The number of nitrogens with one attached hydrogen (secondary N) is 1. The Morgan fingerprint density at radius 3 is 2.63 bits per heavy atom. The first-order chi connectivity index (χ1) is 16.7. The molecule has 0 atom stereocenters. The highest BCUT2D eigenvalue weighted by Crippen LogP contribution is 2.35. The van der Waals surface area contributed by atoms with E-state index < -0.39 is 10.0 Å². The summed E-state index contributed by atoms with van der Waals surface area (Å²) in [5, 5.41) is 18.1. The van der Waals surface area contributed by atoms with Gasteiger partial charge in [0.15, 0.2) is 0 Å². The van der Waals surface area contributed by atoms with Crippen molar-refractivity contribution in [3.8, 4) is 16.8 Å². The fraction of sp³-hybridized carbons (Fsp3) is 0.185. The van der Waals surface area contributed by atoms with Gasteiger partial charge in [-0.25, -0.2) is 18.2 Å². The third-order valence-electron chi connectivity index (χ3n) is 6.36. The Morgan fingerprint density at radius 1 is 1.06 bits per heavy atom. The lowest BCUT2D eigenvalue weighted by Crippen LogP contribution is -2.21. The predicted octanol–water partition coefficient (Wildman–Crippen LogP) is 4.45. The molecule has 5 rings (SSSR count). The average molecular weight is 486 g/mol. The third kappa shape index (κ3) is 4.50. The zero-order chi connectivity index (χ0) is 24.7. The number of primary sulfonamides is 1. The molecule has 0 saturated heterocycles. The van der Waals surface area contributed by atoms with E-state index in [1.165, 1.54) is 5.56 Å². The Hall–Kier alpha value is -3.75. The summed E-state index contributed by atoms with van der Waals surface area (Å²) in [7, 11) is -3.82. The molecule has 0 amide bonds. The van der Waals surface area contributed by atoms with Crippen molar-refractivity contribution < 1.29 is 8.42 Å². The zero-order valence-electron chi connectivity index (χ0n) is 19.7. The summed E-state index contributed by atoms with van der Waals surface area (Å²) >= 11 is 0. The molecule has 3 aromatic carbocycles. The number of nitrogens with two attached hydrogens (primary N) is 1. The van der Waals surface area contributed by atoms with E-state index in [1.807, 2.05) is 48.0 Å². The number of hydrogen-bond acceptors (Lipinski definition) is 5. The van der Waals surface area contributed by atoms with Crippen molar-refractivity contribution in [2.75, 3.05) is 11.4 Å². The number of aromatic nitrogens is 2. The summed E-state index contributed by atoms with van der Waals surface area (Å²) in [4.78, 5) is 2.46. The van der Waals surface area contributed by atoms with Crippen LogP contribution in [0, 0.1) is 12.3 Å². The topological polar surface area (TPSA) is 105 Å². The molecule has 0 spiro atoms. The Kier molecular flexibility index (Phi) is 5.78. The van der Waals surface area contributed by atoms with Crippen molar-refractivity contribution in [2.24, 2.45) is 5.14 Å². The summed E-state index contributed by atoms with van der Waals surface area (Å²) < 4.78 is 26.1. The minimum Gasteiger partial charge on any atom is -0.365 e. The van der Waals surface area contributed by atoms with Crippen molar-refractivity contribution in [1.82, 2.24) is 9.78 Å². The highest BCUT2D eigenvalue weighted by Gasteiger charge is 2.23. The average Bonchev–Trinajstić information content (AvgIpc) is 3.41. The van der Waals surface area contributed by atoms with Crippen LogP contribution in [0.3, 0.4) is 0 Å². The van der Waals surface area contributed by atoms with Gasteiger partial charge in [-0.15, -0.1) is 0 Å². The van der Waals surface area contributed by atoms with E-state index in [2.05, 4.69) is 23.1 Å². The number of rotatable bonds is 6. The number of hydrogen-bond donors (Lipinski definition) is 2. The van der Waals surface area contributed by atoms with Gasteiger partial charge in [0.25, 0.3) is 0 Å². The monoisotopic (exact) mass is 485 g/mol. The number of aryl methyl sites for hydroxylation is 1. The lowest BCUT2D eigenvalue weighted by atomic mass is 10.0. The SMILES string of the molecule is CC(=N)c1cccc(-n2nc(C)cc2CN2CCc3cc(-c4ccccc4S(N)(=O)=O)ccc32)c1. The van der Waals surface area contributed by atoms with E-state index in [1.54, 1.807) is 25.1 Å². The minimum absolute atomic E-state index is 0.136. The second kappa shape index (κ2) is 8.79. The smallest absolute Gasteiger partial charge is 0.238 e. The van der Waals surface area contributed by atoms with Gasteiger partial charge in [0.2, 0.25) is 10.0 Å². The van der Waals surface area contributed by atoms with E-state index in [-0.39, 0.29) is 4.90 Å². The number of nitrogens with zero attached hydrogens (tertiary/aromatic N) is 3. The molecular weight excluding hydrogens is 458 g/mol. The largest absolute Gasteiger partial charge is 0.365 e. The van der Waals surface area contributed by atoms with Crippen molar-refractivity contribution >= 4 is 21.4 Å². The number of fused-ring (bicyclic) bond motifs is 1. The summed E-state index contributed by atoms with van der Waals surface area (Å²) in [5.41, 5.74) is 8.11. The molecule has 0 saturated carbocycles. The maximum Gasteiger partial charge on any atom is 0.238 e. The number of benzene rings is 3. The highest BCUT2D eigenvalue weighted by atomic mass is 32.2. The normalized spacial score (nSPS) is 13.2. The van der Waals surface area contributed by atoms with Crippen LogP contribution in [0.15, 0.2) is 77.7 Å². The van der Waals surface area contributed by atoms with E-state index in [9.17, 15) is 8.42 Å². The van der Waals surface area contributed by atoms with Crippen LogP contribution in [0.4, 0.5) is 5.69 Å². The molecule has 7 nitrogen and oxygen atoms in total. The first kappa shape index (κ1) is 23.0. The lowest BCUT2D eigenvalue weighted by molar-refractivity contribution is 0.598. The van der Waals surface area contributed by atoms with Gasteiger partial charge >= 0.3 is 0 Å². The van der Waals surface area contributed by atoms with Crippen LogP contribution in [0.25, 0.3) is 16.8 Å². The maximum absolute atomic E-state index is 12.1. The fourth-order valence-corrected chi connectivity index (χ4v) is 5.47. The summed E-state index contributed by atoms with van der Waals surface area (Å²) in [6.07, 6.45) is 0.871. The van der Waals surface area contributed by atoms with Gasteiger partial charge < -0.3 is 10.3 Å². The molecule has 2 heterocycles. The van der Waals surface area contributed by atoms with Crippen molar-refractivity contribution in [2.45, 2.75) is 31.7 Å². The highest BCUT2D eigenvalue weighted by molar-refractivity contribution is 7.89. The van der Waals surface area contributed by atoms with E-state index >= 15 is 0 Å². The van der Waals surface area contributed by atoms with Crippen LogP contribution < -0.4 is 10.0 Å². The summed E-state index contributed by atoms with van der Waals surface area (Å²) in [6, 6.07) is 22.9. The first-order valence-electron chi connectivity index (χ1n) is 11.4. The van der Waals surface area contributed by atoms with Crippen LogP contribution in [-0.4, -0.2) is 30.5 Å². The Balaban J connectivity index is 1.46. The van der Waals surface area contributed by atoms with Gasteiger partial charge in [-0.3, -0.25) is 0 Å². The third-order valence-corrected chi connectivity index (χ3v) is 7.33. The molecule has 35 heavy (non-hydrogen) atoms. The van der Waals surface area contributed by atoms with Gasteiger partial charge in [0.05, 0.1) is 28.5 Å². The van der Waals surface area contributed by atoms with Crippen LogP contribution in [0.5, 0.6) is 0 Å².